The van der Waals surface area contributed by atoms with Crippen molar-refractivity contribution in [3.63, 3.8) is 0 Å². The minimum Gasteiger partial charge on any atom is -0.325 e. The van der Waals surface area contributed by atoms with Gasteiger partial charge in [0.2, 0.25) is 5.91 Å². The van der Waals surface area contributed by atoms with E-state index in [1.165, 1.54) is 24.3 Å². The lowest BCUT2D eigenvalue weighted by Gasteiger charge is -2.11. The molecule has 0 radical (unpaired) electrons. The van der Waals surface area contributed by atoms with Gasteiger partial charge in [-0.3, -0.25) is 10.1 Å². The number of carbonyl (C=O) groups excluding carboxylic acids is 1. The Hall–Kier alpha value is -1.21. The Morgan fingerprint density at radius 3 is 2.58 bits per heavy atom. The number of benzene rings is 1. The van der Waals surface area contributed by atoms with Crippen LogP contribution in [0.3, 0.4) is 0 Å². The Bertz CT molecular complexity index is 441. The summed E-state index contributed by atoms with van der Waals surface area (Å²) >= 11 is 1.63. The van der Waals surface area contributed by atoms with Crippen LogP contribution in [0.4, 0.5) is 18.9 Å². The highest BCUT2D eigenvalue weighted by molar-refractivity contribution is 7.99. The molecule has 1 atom stereocenters. The number of hydrogen-bond acceptors (Lipinski definition) is 3. The first-order valence-corrected chi connectivity index (χ1v) is 6.87. The zero-order valence-electron chi connectivity index (χ0n) is 9.96. The molecule has 0 bridgehead atoms. The van der Waals surface area contributed by atoms with Gasteiger partial charge in [-0.15, -0.1) is 11.8 Å². The quantitative estimate of drug-likeness (QED) is 0.898. The molecule has 0 aromatic heterocycles. The molecule has 7 heteroatoms. The van der Waals surface area contributed by atoms with Gasteiger partial charge in [0.1, 0.15) is 0 Å². The maximum Gasteiger partial charge on any atom is 0.393 e. The molecular weight excluding hydrogens is 277 g/mol. The number of halogens is 3. The summed E-state index contributed by atoms with van der Waals surface area (Å²) in [5.74, 6) is 1.29. The van der Waals surface area contributed by atoms with Crippen molar-refractivity contribution in [2.24, 2.45) is 0 Å². The standard InChI is InChI=1S/C12H13F3N2OS/c13-12(14,15)5-8-1-3-9(4-2-8)17-11(18)10-6-19-7-16-10/h1-4,10,16H,5-7H2,(H,17,18)/t10-/m0/s1. The second-order valence-corrected chi connectivity index (χ2v) is 5.28. The number of rotatable bonds is 3. The lowest BCUT2D eigenvalue weighted by Crippen LogP contribution is -2.37. The Morgan fingerprint density at radius 2 is 2.05 bits per heavy atom. The van der Waals surface area contributed by atoms with Gasteiger partial charge in [0.15, 0.2) is 0 Å². The highest BCUT2D eigenvalue weighted by Crippen LogP contribution is 2.22. The predicted molar refractivity (Wildman–Crippen MR) is 69.1 cm³/mol. The third-order valence-electron chi connectivity index (χ3n) is 2.66. The smallest absolute Gasteiger partial charge is 0.325 e. The molecule has 2 N–H and O–H groups in total. The van der Waals surface area contributed by atoms with Crippen molar-refractivity contribution in [3.8, 4) is 0 Å². The predicted octanol–water partition coefficient (Wildman–Crippen LogP) is 2.39. The minimum absolute atomic E-state index is 0.159. The summed E-state index contributed by atoms with van der Waals surface area (Å²) in [7, 11) is 0. The summed E-state index contributed by atoms with van der Waals surface area (Å²) in [4.78, 5) is 11.8. The molecule has 2 rings (SSSR count). The van der Waals surface area contributed by atoms with E-state index in [4.69, 9.17) is 0 Å². The third kappa shape index (κ3) is 4.43. The summed E-state index contributed by atoms with van der Waals surface area (Å²) in [6.07, 6.45) is -5.17. The number of anilines is 1. The molecular formula is C12H13F3N2OS. The van der Waals surface area contributed by atoms with E-state index in [1.54, 1.807) is 11.8 Å². The van der Waals surface area contributed by atoms with Crippen LogP contribution in [-0.4, -0.2) is 29.8 Å². The Labute approximate surface area is 112 Å². The van der Waals surface area contributed by atoms with Crippen molar-refractivity contribution in [2.45, 2.75) is 18.6 Å². The van der Waals surface area contributed by atoms with Crippen LogP contribution in [0, 0.1) is 0 Å². The first-order chi connectivity index (χ1) is 8.94. The lowest BCUT2D eigenvalue weighted by atomic mass is 10.1. The van der Waals surface area contributed by atoms with Crippen LogP contribution in [0.1, 0.15) is 5.56 Å². The van der Waals surface area contributed by atoms with E-state index in [1.807, 2.05) is 0 Å². The van der Waals surface area contributed by atoms with Gasteiger partial charge in [-0.05, 0) is 17.7 Å². The summed E-state index contributed by atoms with van der Waals surface area (Å²) in [6.45, 7) is 0. The normalized spacial score (nSPS) is 19.4. The number of nitrogens with one attached hydrogen (secondary N) is 2. The monoisotopic (exact) mass is 290 g/mol. The molecule has 0 spiro atoms. The Kier molecular flexibility index (Phi) is 4.36. The van der Waals surface area contributed by atoms with Gasteiger partial charge in [-0.2, -0.15) is 13.2 Å². The second kappa shape index (κ2) is 5.83. The fourth-order valence-corrected chi connectivity index (χ4v) is 2.67. The molecule has 1 fully saturated rings. The van der Waals surface area contributed by atoms with Gasteiger partial charge >= 0.3 is 6.18 Å². The van der Waals surface area contributed by atoms with Crippen molar-refractivity contribution in [1.82, 2.24) is 5.32 Å². The van der Waals surface area contributed by atoms with Crippen LogP contribution in [0.2, 0.25) is 0 Å². The van der Waals surface area contributed by atoms with Crippen LogP contribution in [0.25, 0.3) is 0 Å². The minimum atomic E-state index is -4.21. The molecule has 0 aliphatic carbocycles. The zero-order chi connectivity index (χ0) is 13.9. The molecule has 1 aliphatic rings. The third-order valence-corrected chi connectivity index (χ3v) is 3.60. The van der Waals surface area contributed by atoms with E-state index in [-0.39, 0.29) is 17.5 Å². The maximum absolute atomic E-state index is 12.2. The number of amides is 1. The van der Waals surface area contributed by atoms with E-state index in [0.717, 1.165) is 5.88 Å². The van der Waals surface area contributed by atoms with E-state index in [9.17, 15) is 18.0 Å². The van der Waals surface area contributed by atoms with Crippen LogP contribution >= 0.6 is 11.8 Å². The van der Waals surface area contributed by atoms with Gasteiger partial charge in [0.05, 0.1) is 12.5 Å². The zero-order valence-corrected chi connectivity index (χ0v) is 10.8. The van der Waals surface area contributed by atoms with E-state index < -0.39 is 12.6 Å². The summed E-state index contributed by atoms with van der Waals surface area (Å²) in [5, 5.41) is 5.70. The van der Waals surface area contributed by atoms with E-state index in [2.05, 4.69) is 10.6 Å². The van der Waals surface area contributed by atoms with Crippen molar-refractivity contribution in [1.29, 1.82) is 0 Å². The molecule has 19 heavy (non-hydrogen) atoms. The van der Waals surface area contributed by atoms with Gasteiger partial charge in [0, 0.05) is 17.3 Å². The van der Waals surface area contributed by atoms with Crippen molar-refractivity contribution in [2.75, 3.05) is 16.9 Å². The topological polar surface area (TPSA) is 41.1 Å². The van der Waals surface area contributed by atoms with E-state index >= 15 is 0 Å². The van der Waals surface area contributed by atoms with E-state index in [0.29, 0.717) is 11.4 Å². The number of thioether (sulfide) groups is 1. The molecule has 1 saturated heterocycles. The number of hydrogen-bond donors (Lipinski definition) is 2. The Morgan fingerprint density at radius 1 is 1.37 bits per heavy atom. The van der Waals surface area contributed by atoms with Crippen molar-refractivity contribution in [3.05, 3.63) is 29.8 Å². The first-order valence-electron chi connectivity index (χ1n) is 5.72. The average Bonchev–Trinajstić information content (AvgIpc) is 2.83. The van der Waals surface area contributed by atoms with Crippen LogP contribution in [-0.2, 0) is 11.2 Å². The van der Waals surface area contributed by atoms with Gasteiger partial charge in [-0.25, -0.2) is 0 Å². The van der Waals surface area contributed by atoms with Crippen molar-refractivity contribution >= 4 is 23.4 Å². The molecule has 1 aromatic carbocycles. The highest BCUT2D eigenvalue weighted by Gasteiger charge is 2.27. The van der Waals surface area contributed by atoms with Gasteiger partial charge in [0.25, 0.3) is 0 Å². The highest BCUT2D eigenvalue weighted by atomic mass is 32.2. The summed E-state index contributed by atoms with van der Waals surface area (Å²) in [5.41, 5.74) is 0.690. The summed E-state index contributed by atoms with van der Waals surface area (Å²) < 4.78 is 36.5. The SMILES string of the molecule is O=C(Nc1ccc(CC(F)(F)F)cc1)[C@@H]1CSCN1. The molecule has 1 aromatic rings. The first kappa shape index (κ1) is 14.2. The molecule has 1 amide bonds. The fraction of sp³-hybridized carbons (Fsp3) is 0.417. The second-order valence-electron chi connectivity index (χ2n) is 4.25. The van der Waals surface area contributed by atoms with Crippen molar-refractivity contribution < 1.29 is 18.0 Å². The van der Waals surface area contributed by atoms with Crippen LogP contribution in [0.15, 0.2) is 24.3 Å². The molecule has 1 aliphatic heterocycles. The lowest BCUT2D eigenvalue weighted by molar-refractivity contribution is -0.127. The van der Waals surface area contributed by atoms with Gasteiger partial charge < -0.3 is 5.32 Å². The van der Waals surface area contributed by atoms with Crippen LogP contribution in [0.5, 0.6) is 0 Å². The molecule has 0 unspecified atom stereocenters. The molecule has 1 heterocycles. The average molecular weight is 290 g/mol. The largest absolute Gasteiger partial charge is 0.393 e. The maximum atomic E-state index is 12.2. The Balaban J connectivity index is 1.93. The molecule has 0 saturated carbocycles. The number of carbonyl (C=O) groups is 1. The van der Waals surface area contributed by atoms with Gasteiger partial charge in [-0.1, -0.05) is 12.1 Å². The fourth-order valence-electron chi connectivity index (χ4n) is 1.73. The molecule has 104 valence electrons. The van der Waals surface area contributed by atoms with Crippen LogP contribution < -0.4 is 10.6 Å². The number of alkyl halides is 3. The molecule has 3 nitrogen and oxygen atoms in total. The summed E-state index contributed by atoms with van der Waals surface area (Å²) in [6, 6.07) is 5.49.